The highest BCUT2D eigenvalue weighted by Crippen LogP contribution is 2.34. The van der Waals surface area contributed by atoms with Crippen molar-refractivity contribution in [1.29, 1.82) is 0 Å². The van der Waals surface area contributed by atoms with Crippen molar-refractivity contribution in [2.24, 2.45) is 0 Å². The number of nitrogens with one attached hydrogen (secondary N) is 1. The normalized spacial score (nSPS) is 11.6. The minimum absolute atomic E-state index is 0.0167. The molecule has 1 amide bonds. The second-order valence-corrected chi connectivity index (χ2v) is 8.37. The summed E-state index contributed by atoms with van der Waals surface area (Å²) in [4.78, 5) is 15.9. The summed E-state index contributed by atoms with van der Waals surface area (Å²) in [5.74, 6) is 0.792. The zero-order valence-corrected chi connectivity index (χ0v) is 16.8. The van der Waals surface area contributed by atoms with E-state index in [4.69, 9.17) is 4.74 Å². The van der Waals surface area contributed by atoms with Crippen LogP contribution < -0.4 is 10.1 Å². The molecule has 0 unspecified atom stereocenters. The second kappa shape index (κ2) is 9.53. The Morgan fingerprint density at radius 1 is 0.889 bits per heavy atom. The molecule has 0 spiro atoms. The molecule has 138 valence electrons. The van der Waals surface area contributed by atoms with Gasteiger partial charge in [0.2, 0.25) is 5.91 Å². The van der Waals surface area contributed by atoms with Gasteiger partial charge in [-0.2, -0.15) is 0 Å². The number of carbonyl (C=O) groups is 1. The van der Waals surface area contributed by atoms with Crippen molar-refractivity contribution >= 4 is 35.1 Å². The summed E-state index contributed by atoms with van der Waals surface area (Å²) in [7, 11) is 1.64. The number of anilines is 1. The van der Waals surface area contributed by atoms with Crippen molar-refractivity contribution in [3.63, 3.8) is 0 Å². The van der Waals surface area contributed by atoms with E-state index in [1.807, 2.05) is 73.7 Å². The molecule has 0 aliphatic rings. The summed E-state index contributed by atoms with van der Waals surface area (Å²) in [6.45, 7) is 1.91. The fourth-order valence-electron chi connectivity index (χ4n) is 2.42. The number of benzene rings is 3. The molecule has 0 fully saturated rings. The molecule has 1 atom stereocenters. The van der Waals surface area contributed by atoms with Gasteiger partial charge in [-0.15, -0.1) is 11.8 Å². The van der Waals surface area contributed by atoms with Gasteiger partial charge in [0.15, 0.2) is 0 Å². The molecule has 3 nitrogen and oxygen atoms in total. The maximum Gasteiger partial charge on any atom is 0.237 e. The standard InChI is InChI=1S/C22H21NO2S2/c1-16(26-19-14-12-17(25-2)13-15-19)22(24)23-20-10-6-7-11-21(20)27-18-8-4-3-5-9-18/h3-16H,1-2H3,(H,23,24)/t16-/m1/s1. The fourth-order valence-corrected chi connectivity index (χ4v) is 4.21. The molecule has 0 saturated carbocycles. The van der Waals surface area contributed by atoms with Crippen molar-refractivity contribution in [1.82, 2.24) is 0 Å². The second-order valence-electron chi connectivity index (χ2n) is 5.84. The summed E-state index contributed by atoms with van der Waals surface area (Å²) in [5, 5.41) is 2.85. The van der Waals surface area contributed by atoms with Gasteiger partial charge in [0.1, 0.15) is 5.75 Å². The number of hydrogen-bond acceptors (Lipinski definition) is 4. The van der Waals surface area contributed by atoms with Crippen LogP contribution >= 0.6 is 23.5 Å². The number of hydrogen-bond donors (Lipinski definition) is 1. The molecule has 0 aliphatic heterocycles. The van der Waals surface area contributed by atoms with Crippen LogP contribution in [0, 0.1) is 0 Å². The van der Waals surface area contributed by atoms with E-state index >= 15 is 0 Å². The quantitative estimate of drug-likeness (QED) is 0.501. The van der Waals surface area contributed by atoms with E-state index in [1.165, 1.54) is 11.8 Å². The molecule has 0 saturated heterocycles. The lowest BCUT2D eigenvalue weighted by atomic mass is 10.3. The molecule has 0 aromatic heterocycles. The highest BCUT2D eigenvalue weighted by Gasteiger charge is 2.16. The smallest absolute Gasteiger partial charge is 0.237 e. The summed E-state index contributed by atoms with van der Waals surface area (Å²) in [5.41, 5.74) is 0.832. The SMILES string of the molecule is COc1ccc(S[C@H](C)C(=O)Nc2ccccc2Sc2ccccc2)cc1. The van der Waals surface area contributed by atoms with Crippen molar-refractivity contribution in [3.05, 3.63) is 78.9 Å². The van der Waals surface area contributed by atoms with Gasteiger partial charge in [0.25, 0.3) is 0 Å². The molecule has 5 heteroatoms. The fraction of sp³-hybridized carbons (Fsp3) is 0.136. The molecule has 3 aromatic rings. The topological polar surface area (TPSA) is 38.3 Å². The Morgan fingerprint density at radius 2 is 1.56 bits per heavy atom. The van der Waals surface area contributed by atoms with Crippen LogP contribution in [0.5, 0.6) is 5.75 Å². The molecule has 3 aromatic carbocycles. The van der Waals surface area contributed by atoms with E-state index in [9.17, 15) is 4.79 Å². The van der Waals surface area contributed by atoms with Crippen LogP contribution in [0.25, 0.3) is 0 Å². The van der Waals surface area contributed by atoms with Gasteiger partial charge >= 0.3 is 0 Å². The van der Waals surface area contributed by atoms with Crippen LogP contribution in [-0.4, -0.2) is 18.3 Å². The molecule has 3 rings (SSSR count). The maximum atomic E-state index is 12.7. The molecule has 27 heavy (non-hydrogen) atoms. The van der Waals surface area contributed by atoms with Crippen LogP contribution in [0.3, 0.4) is 0 Å². The zero-order chi connectivity index (χ0) is 19.1. The molecule has 1 N–H and O–H groups in total. The van der Waals surface area contributed by atoms with Crippen molar-refractivity contribution in [2.45, 2.75) is 26.9 Å². The summed E-state index contributed by atoms with van der Waals surface area (Å²) in [6, 6.07) is 25.8. The Balaban J connectivity index is 1.66. The van der Waals surface area contributed by atoms with Gasteiger partial charge in [0.05, 0.1) is 18.0 Å². The summed E-state index contributed by atoms with van der Waals surface area (Å²) in [6.07, 6.45) is 0. The molecular formula is C22H21NO2S2. The minimum atomic E-state index is -0.215. The van der Waals surface area contributed by atoms with Crippen molar-refractivity contribution in [3.8, 4) is 5.75 Å². The first-order valence-corrected chi connectivity index (χ1v) is 10.3. The molecule has 0 heterocycles. The molecular weight excluding hydrogens is 374 g/mol. The van der Waals surface area contributed by atoms with Crippen molar-refractivity contribution in [2.75, 3.05) is 12.4 Å². The van der Waals surface area contributed by atoms with Gasteiger partial charge < -0.3 is 10.1 Å². The number of ether oxygens (including phenoxy) is 1. The van der Waals surface area contributed by atoms with Crippen LogP contribution in [0.15, 0.2) is 93.5 Å². The largest absolute Gasteiger partial charge is 0.497 e. The molecule has 0 bridgehead atoms. The summed E-state index contributed by atoms with van der Waals surface area (Å²) >= 11 is 3.17. The van der Waals surface area contributed by atoms with Crippen LogP contribution in [0.4, 0.5) is 5.69 Å². The first kappa shape index (κ1) is 19.4. The van der Waals surface area contributed by atoms with Crippen LogP contribution in [0.1, 0.15) is 6.92 Å². The average Bonchev–Trinajstić information content (AvgIpc) is 2.71. The summed E-state index contributed by atoms with van der Waals surface area (Å²) < 4.78 is 5.17. The zero-order valence-electron chi connectivity index (χ0n) is 15.2. The van der Waals surface area contributed by atoms with E-state index in [0.717, 1.165) is 26.1 Å². The predicted molar refractivity (Wildman–Crippen MR) is 114 cm³/mol. The highest BCUT2D eigenvalue weighted by molar-refractivity contribution is 8.00. The third-order valence-electron chi connectivity index (χ3n) is 3.86. The number of para-hydroxylation sites is 1. The van der Waals surface area contributed by atoms with Gasteiger partial charge in [0, 0.05) is 14.7 Å². The molecule has 0 radical (unpaired) electrons. The highest BCUT2D eigenvalue weighted by atomic mass is 32.2. The van der Waals surface area contributed by atoms with E-state index in [-0.39, 0.29) is 11.2 Å². The van der Waals surface area contributed by atoms with Gasteiger partial charge in [-0.1, -0.05) is 42.1 Å². The Labute approximate surface area is 168 Å². The number of rotatable bonds is 7. The maximum absolute atomic E-state index is 12.7. The monoisotopic (exact) mass is 395 g/mol. The number of amides is 1. The van der Waals surface area contributed by atoms with E-state index < -0.39 is 0 Å². The third kappa shape index (κ3) is 5.55. The Kier molecular flexibility index (Phi) is 6.85. The lowest BCUT2D eigenvalue weighted by Gasteiger charge is -2.15. The Hall–Kier alpha value is -2.37. The van der Waals surface area contributed by atoms with Crippen LogP contribution in [0.2, 0.25) is 0 Å². The lowest BCUT2D eigenvalue weighted by molar-refractivity contribution is -0.115. The average molecular weight is 396 g/mol. The lowest BCUT2D eigenvalue weighted by Crippen LogP contribution is -2.22. The minimum Gasteiger partial charge on any atom is -0.497 e. The first-order chi connectivity index (χ1) is 13.2. The van der Waals surface area contributed by atoms with E-state index in [2.05, 4.69) is 17.4 Å². The number of carbonyl (C=O) groups excluding carboxylic acids is 1. The van der Waals surface area contributed by atoms with Gasteiger partial charge in [-0.25, -0.2) is 0 Å². The Morgan fingerprint density at radius 3 is 2.26 bits per heavy atom. The third-order valence-corrected chi connectivity index (χ3v) is 6.05. The van der Waals surface area contributed by atoms with Gasteiger partial charge in [-0.05, 0) is 55.5 Å². The van der Waals surface area contributed by atoms with E-state index in [0.29, 0.717) is 0 Å². The number of methoxy groups -OCH3 is 1. The van der Waals surface area contributed by atoms with Crippen molar-refractivity contribution < 1.29 is 9.53 Å². The van der Waals surface area contributed by atoms with E-state index in [1.54, 1.807) is 18.9 Å². The molecule has 0 aliphatic carbocycles. The predicted octanol–water partition coefficient (Wildman–Crippen LogP) is 5.97. The number of thioether (sulfide) groups is 1. The van der Waals surface area contributed by atoms with Gasteiger partial charge in [-0.3, -0.25) is 4.79 Å². The Bertz CT molecular complexity index is 882. The first-order valence-electron chi connectivity index (χ1n) is 8.59. The van der Waals surface area contributed by atoms with Crippen LogP contribution in [-0.2, 0) is 4.79 Å².